The van der Waals surface area contributed by atoms with Crippen LogP contribution in [0.4, 0.5) is 69.8 Å². The number of hydrogen-bond acceptors (Lipinski definition) is 36. The molecule has 5 aromatic carbocycles. The van der Waals surface area contributed by atoms with Crippen molar-refractivity contribution in [1.82, 2.24) is 49.8 Å². The van der Waals surface area contributed by atoms with Gasteiger partial charge in [-0.25, -0.2) is 4.98 Å². The average Bonchev–Trinajstić information content (AvgIpc) is 0.722. The van der Waals surface area contributed by atoms with Crippen molar-refractivity contribution in [3.05, 3.63) is 111 Å². The minimum atomic E-state index is -5.48. The zero-order valence-electron chi connectivity index (χ0n) is 52.1. The number of fused-ring (bicyclic) bond motifs is 4. The summed E-state index contributed by atoms with van der Waals surface area (Å²) in [5, 5.41) is 12.8. The molecule has 8 aromatic rings. The van der Waals surface area contributed by atoms with E-state index in [2.05, 4.69) is 86.7 Å². The monoisotopic (exact) mass is 1720 g/mol. The summed E-state index contributed by atoms with van der Waals surface area (Å²) < 4.78 is 292. The summed E-state index contributed by atoms with van der Waals surface area (Å²) in [6.45, 7) is -0.157. The molecule has 0 spiro atoms. The van der Waals surface area contributed by atoms with Crippen LogP contribution in [-0.4, -0.2) is 180 Å². The van der Waals surface area contributed by atoms with E-state index in [4.69, 9.17) is 55.6 Å². The van der Waals surface area contributed by atoms with E-state index in [0.717, 1.165) is 35.2 Å². The lowest BCUT2D eigenvalue weighted by Crippen LogP contribution is -2.27. The molecule has 2 aliphatic heterocycles. The van der Waals surface area contributed by atoms with Crippen molar-refractivity contribution in [2.75, 3.05) is 63.0 Å². The fraction of sp³-hybridized carbons (Fsp3) is 0.118. The van der Waals surface area contributed by atoms with Crippen molar-refractivity contribution >= 4 is 208 Å². The Labute approximate surface area is 620 Å². The molecule has 5 heterocycles. The van der Waals surface area contributed by atoms with E-state index in [1.54, 1.807) is 6.92 Å². The van der Waals surface area contributed by atoms with Gasteiger partial charge in [0.2, 0.25) is 51.5 Å². The zero-order valence-corrected chi connectivity index (χ0v) is 61.7. The first-order valence-corrected chi connectivity index (χ1v) is 41.4. The quantitative estimate of drug-likeness (QED) is 0.0178. The van der Waals surface area contributed by atoms with Gasteiger partial charge < -0.3 is 41.1 Å². The van der Waals surface area contributed by atoms with Gasteiger partial charge in [-0.15, -0.1) is 0 Å². The molecule has 14 N–H and O–H groups in total. The van der Waals surface area contributed by atoms with Crippen molar-refractivity contribution < 1.29 is 113 Å². The van der Waals surface area contributed by atoms with Crippen LogP contribution in [0.15, 0.2) is 127 Å². The molecule has 0 bridgehead atoms. The Morgan fingerprint density at radius 3 is 1.36 bits per heavy atom. The van der Waals surface area contributed by atoms with E-state index in [9.17, 15) is 104 Å². The molecule has 0 fully saturated rings. The van der Waals surface area contributed by atoms with Crippen LogP contribution in [0.1, 0.15) is 12.5 Å². The number of nitrogens with one attached hydrogen (secondary N) is 6. The number of nitrogens with zero attached hydrogens (tertiary/aromatic N) is 12. The second-order valence-corrected chi connectivity index (χ2v) is 33.8. The second kappa shape index (κ2) is 29.0. The highest BCUT2D eigenvalue weighted by atomic mass is 35.5. The topological polar surface area (TPSA) is 674 Å². The highest BCUT2D eigenvalue weighted by Crippen LogP contribution is 2.54. The SMILES string of the molecule is CCc1c2c(c(Cl)c3oc4c(S(=O)(=O)O)c(=NCCN(c5nc(Cl)nc(Nc6ccc(S(=O)(=O)O)cc6S(=O)(=O)O)n5)c5nc(Cl)nc(Nc6ccc(S(=O)(=O)O)cc6S(=O)(=O)O)n5)ccc-4nc13)Nc1ccc(NCCNc3nc(Cl)nc(Nc4ccc(S(=O)(=O)O)cc4S(=O)(=O)O)n3)c(S(=O)(=O)O)c1O2. The van der Waals surface area contributed by atoms with Crippen molar-refractivity contribution in [1.29, 1.82) is 0 Å². The fourth-order valence-corrected chi connectivity index (χ4v) is 16.0. The number of anilines is 12. The average molecular weight is 1720 g/mol. The Hall–Kier alpha value is -9.41. The molecular weight excluding hydrogens is 1680 g/mol. The molecule has 0 atom stereocenters. The van der Waals surface area contributed by atoms with Crippen LogP contribution in [0, 0.1) is 0 Å². The van der Waals surface area contributed by atoms with E-state index >= 15 is 0 Å². The minimum absolute atomic E-state index is 0.0271. The number of aryl methyl sites for hydroxylation is 1. The van der Waals surface area contributed by atoms with Crippen LogP contribution in [0.5, 0.6) is 11.5 Å². The first kappa shape index (κ1) is 78.7. The molecular formula is C51H40Cl4N18O26S8. The number of hydrogen-bond donors (Lipinski definition) is 14. The maximum absolute atomic E-state index is 13.6. The number of aromatic nitrogens is 10. The van der Waals surface area contributed by atoms with Gasteiger partial charge in [0.05, 0.1) is 55.0 Å². The smallest absolute Gasteiger partial charge is 0.300 e. The Kier molecular flexibility index (Phi) is 21.3. The molecule has 0 saturated heterocycles. The lowest BCUT2D eigenvalue weighted by molar-refractivity contribution is 0.446. The molecule has 0 unspecified atom stereocenters. The van der Waals surface area contributed by atoms with Gasteiger partial charge >= 0.3 is 10.1 Å². The summed E-state index contributed by atoms with van der Waals surface area (Å²) in [4.78, 5) is 37.9. The first-order chi connectivity index (χ1) is 49.6. The van der Waals surface area contributed by atoms with Crippen LogP contribution in [-0.2, 0) is 87.4 Å². The zero-order chi connectivity index (χ0) is 78.2. The van der Waals surface area contributed by atoms with E-state index in [1.807, 2.05) is 0 Å². The first-order valence-electron chi connectivity index (χ1n) is 28.4. The van der Waals surface area contributed by atoms with E-state index < -0.39 is 213 Å². The van der Waals surface area contributed by atoms with Gasteiger partial charge in [0, 0.05) is 25.2 Å². The van der Waals surface area contributed by atoms with Crippen molar-refractivity contribution in [3.8, 4) is 23.0 Å². The molecule has 0 saturated carbocycles. The van der Waals surface area contributed by atoms with Gasteiger partial charge in [-0.2, -0.15) is 112 Å². The molecule has 11 rings (SSSR count). The summed E-state index contributed by atoms with van der Waals surface area (Å²) in [6.07, 6.45) is -0.0271. The number of ether oxygens (including phenoxy) is 1. The Morgan fingerprint density at radius 2 is 0.907 bits per heavy atom. The van der Waals surface area contributed by atoms with Gasteiger partial charge in [0.1, 0.15) is 36.6 Å². The number of benzene rings is 6. The molecule has 56 heteroatoms. The Morgan fingerprint density at radius 1 is 0.467 bits per heavy atom. The van der Waals surface area contributed by atoms with Crippen LogP contribution >= 0.6 is 46.4 Å². The van der Waals surface area contributed by atoms with Crippen molar-refractivity contribution in [2.45, 2.75) is 52.5 Å². The summed E-state index contributed by atoms with van der Waals surface area (Å²) >= 11 is 25.9. The highest BCUT2D eigenvalue weighted by molar-refractivity contribution is 7.88. The highest BCUT2D eigenvalue weighted by Gasteiger charge is 2.36. The second-order valence-electron chi connectivity index (χ2n) is 21.3. The fourth-order valence-electron chi connectivity index (χ4n) is 9.95. The molecule has 0 amide bonds. The Bertz CT molecular complexity index is 6300. The molecule has 1 aliphatic carbocycles. The lowest BCUT2D eigenvalue weighted by atomic mass is 10.0. The summed E-state index contributed by atoms with van der Waals surface area (Å²) in [5.41, 5.74) is -2.94. The van der Waals surface area contributed by atoms with Gasteiger partial charge in [-0.05, 0) is 120 Å². The third-order valence-electron chi connectivity index (χ3n) is 14.3. The maximum atomic E-state index is 13.6. The molecule has 3 aromatic heterocycles. The molecule has 0 radical (unpaired) electrons. The third kappa shape index (κ3) is 17.4. The lowest BCUT2D eigenvalue weighted by Gasteiger charge is -2.28. The van der Waals surface area contributed by atoms with Gasteiger partial charge in [-0.1, -0.05) is 18.5 Å². The number of halogens is 4. The molecule has 107 heavy (non-hydrogen) atoms. The summed E-state index contributed by atoms with van der Waals surface area (Å²) in [7, 11) is -41.6. The molecule has 3 aliphatic rings. The summed E-state index contributed by atoms with van der Waals surface area (Å²) in [5.74, 6) is -4.84. The largest absolute Gasteiger partial charge is 0.451 e. The van der Waals surface area contributed by atoms with Gasteiger partial charge in [0.25, 0.3) is 70.8 Å². The number of rotatable bonds is 25. The van der Waals surface area contributed by atoms with Gasteiger partial charge in [0.15, 0.2) is 32.6 Å². The van der Waals surface area contributed by atoms with Crippen molar-refractivity contribution in [2.24, 2.45) is 4.99 Å². The van der Waals surface area contributed by atoms with E-state index in [1.165, 1.54) is 18.2 Å². The standard InChI is InChI=1S/C51H40Cl4N18O26S8/c1-2-23-35-40(34(52)36-37(23)98-38-28(60-36)10-11-29(41(38)106(92,93)94)56-13-14-58-46-64-43(53)65-47(70-46)61-24-6-3-20(100(74,75)76)17-31(24)103(83,84)85)99-39-27(59-35)9-12-30(42(39)107(95,96)97)57-15-16-73(50-68-44(54)66-48(71-50)62-25-7-4-21(101(77,78)79)18-32(25)104(86,87)88)51-69-45(55)67-49(72-51)63-26-8-5-22(102(80,81)82)19-33(26)105(89,90)91/h3-12,17-19,56,60H,2,13-16H2,1H3,(H,74,75,76)(H,77,78,79)(H,80,81,82)(H,83,84,85)(H,86,87,88)(H,89,90,91)(H,92,93,94)(H,95,96,97)(H,62,66,68,71)(H,63,67,69,72)(H2,58,61,64,65,70). The summed E-state index contributed by atoms with van der Waals surface area (Å²) in [6, 6.07) is 10.5. The van der Waals surface area contributed by atoms with Crippen LogP contribution in [0.25, 0.3) is 22.6 Å². The Balaban J connectivity index is 0.922. The molecule has 44 nitrogen and oxygen atoms in total. The predicted octanol–water partition coefficient (Wildman–Crippen LogP) is 5.98. The predicted molar refractivity (Wildman–Crippen MR) is 371 cm³/mol. The third-order valence-corrected chi connectivity index (χ3v) is 22.2. The molecule has 566 valence electrons. The van der Waals surface area contributed by atoms with Crippen LogP contribution in [0.2, 0.25) is 20.9 Å². The minimum Gasteiger partial charge on any atom is -0.451 e. The van der Waals surface area contributed by atoms with E-state index in [0.29, 0.717) is 30.3 Å². The maximum Gasteiger partial charge on any atom is 0.300 e. The van der Waals surface area contributed by atoms with Crippen LogP contribution < -0.4 is 46.9 Å². The van der Waals surface area contributed by atoms with Gasteiger partial charge in [-0.3, -0.25) is 46.3 Å². The van der Waals surface area contributed by atoms with E-state index in [-0.39, 0.29) is 75.7 Å². The van der Waals surface area contributed by atoms with Crippen LogP contribution in [0.3, 0.4) is 0 Å². The normalized spacial score (nSPS) is 13.1. The van der Waals surface area contributed by atoms with Crippen molar-refractivity contribution in [3.63, 3.8) is 0 Å².